The van der Waals surface area contributed by atoms with Gasteiger partial charge in [-0.1, -0.05) is 84.9 Å². The van der Waals surface area contributed by atoms with E-state index in [0.29, 0.717) is 0 Å². The maximum Gasteiger partial charge on any atom is -0.00134 e. The molecule has 0 unspecified atom stereocenters. The number of hydrogen-bond donors (Lipinski definition) is 0. The minimum atomic E-state index is 1.06. The molecule has 0 aliphatic heterocycles. The molecule has 2 aliphatic carbocycles. The van der Waals surface area contributed by atoms with Gasteiger partial charge in [-0.05, 0) is 80.6 Å². The van der Waals surface area contributed by atoms with E-state index in [1.165, 1.54) is 55.6 Å². The molecule has 0 atom stereocenters. The lowest BCUT2D eigenvalue weighted by molar-refractivity contribution is 1.26. The topological polar surface area (TPSA) is 0 Å². The molecule has 0 aromatic heterocycles. The van der Waals surface area contributed by atoms with Gasteiger partial charge in [0.2, 0.25) is 0 Å². The summed E-state index contributed by atoms with van der Waals surface area (Å²) in [7, 11) is 0. The highest BCUT2D eigenvalue weighted by atomic mass is 14.2. The van der Waals surface area contributed by atoms with Crippen LogP contribution in [0.5, 0.6) is 0 Å². The molecule has 4 aromatic carbocycles. The first-order valence-electron chi connectivity index (χ1n) is 9.96. The quantitative estimate of drug-likeness (QED) is 0.293. The minimum Gasteiger partial charge on any atom is -0.0619 e. The van der Waals surface area contributed by atoms with Gasteiger partial charge in [0.1, 0.15) is 0 Å². The van der Waals surface area contributed by atoms with Gasteiger partial charge < -0.3 is 0 Å². The van der Waals surface area contributed by atoms with Gasteiger partial charge >= 0.3 is 0 Å². The molecule has 0 saturated carbocycles. The van der Waals surface area contributed by atoms with Crippen LogP contribution in [0.3, 0.4) is 0 Å². The molecule has 28 heavy (non-hydrogen) atoms. The Morgan fingerprint density at radius 2 is 0.857 bits per heavy atom. The van der Waals surface area contributed by atoms with Crippen molar-refractivity contribution < 1.29 is 0 Å². The van der Waals surface area contributed by atoms with E-state index in [9.17, 15) is 0 Å². The molecule has 0 saturated heterocycles. The number of hydrogen-bond acceptors (Lipinski definition) is 0. The summed E-state index contributed by atoms with van der Waals surface area (Å²) in [6, 6.07) is 31.2. The van der Waals surface area contributed by atoms with Crippen molar-refractivity contribution in [1.82, 2.24) is 0 Å². The van der Waals surface area contributed by atoms with Crippen LogP contribution in [0.2, 0.25) is 0 Å². The second-order valence-electron chi connectivity index (χ2n) is 7.83. The monoisotopic (exact) mass is 356 g/mol. The predicted molar refractivity (Wildman–Crippen MR) is 118 cm³/mol. The molecule has 0 N–H and O–H groups in total. The van der Waals surface area contributed by atoms with Crippen LogP contribution in [0.4, 0.5) is 0 Å². The summed E-state index contributed by atoms with van der Waals surface area (Å²) in [6.45, 7) is 0. The normalized spacial score (nSPS) is 13.3. The van der Waals surface area contributed by atoms with Crippen molar-refractivity contribution in [3.63, 3.8) is 0 Å². The van der Waals surface area contributed by atoms with Gasteiger partial charge in [0, 0.05) is 0 Å². The Labute approximate surface area is 165 Å². The van der Waals surface area contributed by atoms with Gasteiger partial charge in [-0.15, -0.1) is 0 Å². The van der Waals surface area contributed by atoms with E-state index < -0.39 is 0 Å². The number of fused-ring (bicyclic) bond motifs is 6. The Morgan fingerprint density at radius 1 is 0.429 bits per heavy atom. The molecule has 4 aromatic rings. The molecular formula is C28H20. The lowest BCUT2D eigenvalue weighted by atomic mass is 10.0. The third-order valence-electron chi connectivity index (χ3n) is 6.11. The molecule has 0 nitrogen and oxygen atoms in total. The Balaban J connectivity index is 1.34. The smallest absolute Gasteiger partial charge is 0.00134 e. The van der Waals surface area contributed by atoms with Crippen molar-refractivity contribution in [1.29, 1.82) is 0 Å². The zero-order valence-corrected chi connectivity index (χ0v) is 15.7. The fraction of sp³-hybridized carbons (Fsp3) is 0.0714. The summed E-state index contributed by atoms with van der Waals surface area (Å²) in [5, 5.41) is 0. The third-order valence-corrected chi connectivity index (χ3v) is 6.11. The van der Waals surface area contributed by atoms with Gasteiger partial charge in [0.25, 0.3) is 0 Å². The Bertz CT molecular complexity index is 1160. The second-order valence-corrected chi connectivity index (χ2v) is 7.83. The van der Waals surface area contributed by atoms with Crippen molar-refractivity contribution in [3.05, 3.63) is 118 Å². The highest BCUT2D eigenvalue weighted by Gasteiger charge is 2.18. The van der Waals surface area contributed by atoms with E-state index in [0.717, 1.165) is 12.8 Å². The van der Waals surface area contributed by atoms with E-state index in [-0.39, 0.29) is 0 Å². The molecule has 0 spiro atoms. The van der Waals surface area contributed by atoms with Crippen LogP contribution < -0.4 is 0 Å². The van der Waals surface area contributed by atoms with Crippen LogP contribution in [0.25, 0.3) is 34.4 Å². The van der Waals surface area contributed by atoms with Crippen LogP contribution in [0, 0.1) is 0 Å². The highest BCUT2D eigenvalue weighted by molar-refractivity contribution is 5.83. The summed E-state index contributed by atoms with van der Waals surface area (Å²) in [5.41, 5.74) is 13.8. The molecule has 6 rings (SSSR count). The molecule has 0 bridgehead atoms. The highest BCUT2D eigenvalue weighted by Crippen LogP contribution is 2.38. The molecule has 0 amide bonds. The average Bonchev–Trinajstić information content (AvgIpc) is 3.30. The Morgan fingerprint density at radius 3 is 1.36 bits per heavy atom. The maximum atomic E-state index is 2.33. The van der Waals surface area contributed by atoms with Crippen molar-refractivity contribution in [2.45, 2.75) is 12.8 Å². The van der Waals surface area contributed by atoms with E-state index in [4.69, 9.17) is 0 Å². The van der Waals surface area contributed by atoms with E-state index in [1.54, 1.807) is 0 Å². The molecular weight excluding hydrogens is 336 g/mol. The van der Waals surface area contributed by atoms with Gasteiger partial charge in [0.05, 0.1) is 0 Å². The summed E-state index contributed by atoms with van der Waals surface area (Å²) in [6.07, 6.45) is 6.59. The lowest BCUT2D eigenvalue weighted by Crippen LogP contribution is -1.82. The fourth-order valence-corrected chi connectivity index (χ4v) is 4.68. The zero-order valence-electron chi connectivity index (χ0n) is 15.7. The predicted octanol–water partition coefficient (Wildman–Crippen LogP) is 7.00. The standard InChI is InChI=1S/C28H20/c1-3-7-25-21(5-1)17-23-13-11-19(15-27(23)25)9-10-20-12-14-24-18-22-6-2-4-8-26(22)28(24)16-20/h1-16H,17-18H2. The number of benzene rings is 4. The van der Waals surface area contributed by atoms with Crippen LogP contribution in [-0.4, -0.2) is 0 Å². The van der Waals surface area contributed by atoms with Crippen LogP contribution in [0.15, 0.2) is 84.9 Å². The van der Waals surface area contributed by atoms with Gasteiger partial charge in [-0.3, -0.25) is 0 Å². The first-order valence-corrected chi connectivity index (χ1v) is 9.96. The molecule has 132 valence electrons. The van der Waals surface area contributed by atoms with E-state index >= 15 is 0 Å². The van der Waals surface area contributed by atoms with Crippen molar-refractivity contribution in [2.75, 3.05) is 0 Å². The third kappa shape index (κ3) is 2.46. The first kappa shape index (κ1) is 15.7. The SMILES string of the molecule is C(=Cc1ccc2c(c1)-c1ccccc1C2)c1ccc2c(c1)-c1ccccc1C2. The summed E-state index contributed by atoms with van der Waals surface area (Å²) < 4.78 is 0. The Hall–Kier alpha value is -3.38. The second kappa shape index (κ2) is 6.07. The zero-order chi connectivity index (χ0) is 18.5. The first-order chi connectivity index (χ1) is 13.8. The minimum absolute atomic E-state index is 1.06. The number of rotatable bonds is 2. The molecule has 2 aliphatic rings. The van der Waals surface area contributed by atoms with Gasteiger partial charge in [-0.25, -0.2) is 0 Å². The van der Waals surface area contributed by atoms with Crippen molar-refractivity contribution in [3.8, 4) is 22.3 Å². The average molecular weight is 356 g/mol. The van der Waals surface area contributed by atoms with Crippen LogP contribution in [0.1, 0.15) is 33.4 Å². The largest absolute Gasteiger partial charge is 0.0619 e. The van der Waals surface area contributed by atoms with Crippen molar-refractivity contribution >= 4 is 12.2 Å². The Kier molecular flexibility index (Phi) is 3.39. The summed E-state index contributed by atoms with van der Waals surface area (Å²) >= 11 is 0. The van der Waals surface area contributed by atoms with Crippen LogP contribution >= 0.6 is 0 Å². The maximum absolute atomic E-state index is 2.33. The molecule has 0 radical (unpaired) electrons. The summed E-state index contributed by atoms with van der Waals surface area (Å²) in [5.74, 6) is 0. The fourth-order valence-electron chi connectivity index (χ4n) is 4.68. The molecule has 0 fully saturated rings. The molecule has 0 heterocycles. The molecule has 0 heteroatoms. The summed E-state index contributed by atoms with van der Waals surface area (Å²) in [4.78, 5) is 0. The van der Waals surface area contributed by atoms with E-state index in [1.807, 2.05) is 0 Å². The van der Waals surface area contributed by atoms with Crippen molar-refractivity contribution in [2.24, 2.45) is 0 Å². The van der Waals surface area contributed by atoms with Crippen LogP contribution in [-0.2, 0) is 12.8 Å². The lowest BCUT2D eigenvalue weighted by Gasteiger charge is -2.04. The van der Waals surface area contributed by atoms with Gasteiger partial charge in [0.15, 0.2) is 0 Å². The van der Waals surface area contributed by atoms with E-state index in [2.05, 4.69) is 97.1 Å². The van der Waals surface area contributed by atoms with Gasteiger partial charge in [-0.2, -0.15) is 0 Å².